The average molecular weight is 490 g/mol. The molecular formula is C28H21F7. The van der Waals surface area contributed by atoms with E-state index in [2.05, 4.69) is 0 Å². The van der Waals surface area contributed by atoms with Crippen molar-refractivity contribution in [2.45, 2.75) is 38.5 Å². The summed E-state index contributed by atoms with van der Waals surface area (Å²) in [6.45, 7) is 2.03. The molecule has 0 unspecified atom stereocenters. The van der Waals surface area contributed by atoms with Gasteiger partial charge in [-0.25, -0.2) is 30.7 Å². The molecular weight excluding hydrogens is 469 g/mol. The van der Waals surface area contributed by atoms with Crippen LogP contribution in [0.25, 0.3) is 21.9 Å². The van der Waals surface area contributed by atoms with Crippen LogP contribution in [0.15, 0.2) is 60.7 Å². The van der Waals surface area contributed by atoms with Gasteiger partial charge >= 0.3 is 0 Å². The quantitative estimate of drug-likeness (QED) is 0.179. The van der Waals surface area contributed by atoms with Crippen LogP contribution in [-0.2, 0) is 18.8 Å². The fourth-order valence-corrected chi connectivity index (χ4v) is 4.18. The van der Waals surface area contributed by atoms with Crippen LogP contribution in [0, 0.1) is 29.1 Å². The lowest BCUT2D eigenvalue weighted by molar-refractivity contribution is -0.0199. The van der Waals surface area contributed by atoms with E-state index in [0.29, 0.717) is 5.56 Å². The van der Waals surface area contributed by atoms with Crippen molar-refractivity contribution in [3.05, 3.63) is 106 Å². The minimum atomic E-state index is -3.84. The van der Waals surface area contributed by atoms with Gasteiger partial charge in [0.05, 0.1) is 5.56 Å². The van der Waals surface area contributed by atoms with E-state index in [1.807, 2.05) is 19.1 Å². The van der Waals surface area contributed by atoms with Crippen molar-refractivity contribution in [3.8, 4) is 11.1 Å². The Bertz CT molecular complexity index is 1350. The Balaban J connectivity index is 1.57. The molecule has 0 atom stereocenters. The highest BCUT2D eigenvalue weighted by Gasteiger charge is 2.37. The molecule has 0 aliphatic carbocycles. The molecule has 0 N–H and O–H groups in total. The van der Waals surface area contributed by atoms with Gasteiger partial charge in [-0.05, 0) is 58.7 Å². The van der Waals surface area contributed by atoms with Crippen molar-refractivity contribution in [1.82, 2.24) is 0 Å². The Kier molecular flexibility index (Phi) is 6.88. The predicted octanol–water partition coefficient (Wildman–Crippen LogP) is 8.88. The number of hydrogen-bond donors (Lipinski definition) is 0. The van der Waals surface area contributed by atoms with Crippen LogP contribution in [0.1, 0.15) is 36.5 Å². The number of halogens is 7. The van der Waals surface area contributed by atoms with Gasteiger partial charge < -0.3 is 0 Å². The summed E-state index contributed by atoms with van der Waals surface area (Å²) >= 11 is 0. The molecule has 0 aliphatic rings. The summed E-state index contributed by atoms with van der Waals surface area (Å²) < 4.78 is 100.0. The topological polar surface area (TPSA) is 0 Å². The predicted molar refractivity (Wildman–Crippen MR) is 122 cm³/mol. The maximum atomic E-state index is 14.9. The Morgan fingerprint density at radius 1 is 0.629 bits per heavy atom. The summed E-state index contributed by atoms with van der Waals surface area (Å²) in [6.07, 6.45) is 0.525. The van der Waals surface area contributed by atoms with Crippen LogP contribution < -0.4 is 0 Å². The number of aryl methyl sites for hydroxylation is 2. The number of hydrogen-bond acceptors (Lipinski definition) is 0. The highest BCUT2D eigenvalue weighted by Crippen LogP contribution is 2.38. The molecule has 0 nitrogen and oxygen atoms in total. The Hall–Kier alpha value is -3.35. The van der Waals surface area contributed by atoms with Gasteiger partial charge in [0.1, 0.15) is 11.6 Å². The van der Waals surface area contributed by atoms with Crippen molar-refractivity contribution in [2.24, 2.45) is 0 Å². The van der Waals surface area contributed by atoms with Gasteiger partial charge in [-0.15, -0.1) is 0 Å². The molecule has 0 spiro atoms. The summed E-state index contributed by atoms with van der Waals surface area (Å²) in [5, 5.41) is -0.205. The van der Waals surface area contributed by atoms with E-state index in [1.165, 1.54) is 12.1 Å². The third-order valence-electron chi connectivity index (χ3n) is 6.00. The lowest BCUT2D eigenvalue weighted by Crippen LogP contribution is -2.19. The molecule has 4 rings (SSSR count). The molecule has 7 heteroatoms. The summed E-state index contributed by atoms with van der Waals surface area (Å²) in [6, 6.07) is 13.3. The Labute approximate surface area is 198 Å². The van der Waals surface area contributed by atoms with E-state index in [-0.39, 0.29) is 28.3 Å². The first-order chi connectivity index (χ1) is 16.6. The average Bonchev–Trinajstić information content (AvgIpc) is 2.81. The smallest absolute Gasteiger partial charge is 0.206 e. The Morgan fingerprint density at radius 2 is 1.26 bits per heavy atom. The molecule has 0 radical (unpaired) electrons. The van der Waals surface area contributed by atoms with Crippen LogP contribution in [0.4, 0.5) is 30.7 Å². The zero-order chi connectivity index (χ0) is 25.3. The van der Waals surface area contributed by atoms with Gasteiger partial charge in [0.15, 0.2) is 17.5 Å². The Morgan fingerprint density at radius 3 is 1.89 bits per heavy atom. The molecule has 4 aromatic carbocycles. The van der Waals surface area contributed by atoms with Gasteiger partial charge in [-0.3, -0.25) is 0 Å². The molecule has 182 valence electrons. The normalized spacial score (nSPS) is 11.9. The van der Waals surface area contributed by atoms with Crippen LogP contribution >= 0.6 is 0 Å². The van der Waals surface area contributed by atoms with E-state index in [9.17, 15) is 30.7 Å². The molecule has 0 fully saturated rings. The first kappa shape index (κ1) is 24.8. The van der Waals surface area contributed by atoms with Crippen LogP contribution in [0.2, 0.25) is 0 Å². The van der Waals surface area contributed by atoms with E-state index in [4.69, 9.17) is 0 Å². The van der Waals surface area contributed by atoms with Crippen molar-refractivity contribution >= 4 is 10.8 Å². The van der Waals surface area contributed by atoms with Gasteiger partial charge in [0.2, 0.25) is 0 Å². The molecule has 0 bridgehead atoms. The highest BCUT2D eigenvalue weighted by atomic mass is 19.3. The zero-order valence-corrected chi connectivity index (χ0v) is 18.7. The standard InChI is InChI=1S/C28H21F7/c1-2-3-16-4-7-18(8-5-16)19-13-22(29)25(23(30)14-19)28(34,35)11-10-17-6-9-21-20(12-17)15-24(31)27(33)26(21)32/h4-9,12-15H,2-3,10-11H2,1H3. The minimum absolute atomic E-state index is 0.00566. The lowest BCUT2D eigenvalue weighted by Gasteiger charge is -2.19. The number of alkyl halides is 2. The van der Waals surface area contributed by atoms with E-state index in [1.54, 1.807) is 12.1 Å². The maximum Gasteiger partial charge on any atom is 0.279 e. The molecule has 0 saturated carbocycles. The fourth-order valence-electron chi connectivity index (χ4n) is 4.18. The van der Waals surface area contributed by atoms with Crippen molar-refractivity contribution in [2.75, 3.05) is 0 Å². The molecule has 4 aromatic rings. The van der Waals surface area contributed by atoms with E-state index >= 15 is 0 Å². The van der Waals surface area contributed by atoms with Crippen molar-refractivity contribution in [3.63, 3.8) is 0 Å². The molecule has 0 aromatic heterocycles. The van der Waals surface area contributed by atoms with Gasteiger partial charge in [-0.2, -0.15) is 0 Å². The van der Waals surface area contributed by atoms with Crippen LogP contribution in [0.3, 0.4) is 0 Å². The summed E-state index contributed by atoms with van der Waals surface area (Å²) in [4.78, 5) is 0. The molecule has 0 heterocycles. The van der Waals surface area contributed by atoms with E-state index in [0.717, 1.165) is 42.7 Å². The van der Waals surface area contributed by atoms with Crippen molar-refractivity contribution in [1.29, 1.82) is 0 Å². The maximum absolute atomic E-state index is 14.9. The summed E-state index contributed by atoms with van der Waals surface area (Å²) in [5.41, 5.74) is 0.638. The van der Waals surface area contributed by atoms with Gasteiger partial charge in [0.25, 0.3) is 5.92 Å². The first-order valence-electron chi connectivity index (χ1n) is 11.1. The molecule has 0 amide bonds. The lowest BCUT2D eigenvalue weighted by atomic mass is 9.95. The summed E-state index contributed by atoms with van der Waals surface area (Å²) in [7, 11) is 0. The number of benzene rings is 4. The van der Waals surface area contributed by atoms with Gasteiger partial charge in [-0.1, -0.05) is 55.8 Å². The minimum Gasteiger partial charge on any atom is -0.206 e. The van der Waals surface area contributed by atoms with E-state index < -0.39 is 47.0 Å². The van der Waals surface area contributed by atoms with Crippen LogP contribution in [0.5, 0.6) is 0 Å². The SMILES string of the molecule is CCCc1ccc(-c2cc(F)c(C(F)(F)CCc3ccc4c(F)c(F)c(F)cc4c3)c(F)c2)cc1. The molecule has 35 heavy (non-hydrogen) atoms. The third kappa shape index (κ3) is 5.04. The second kappa shape index (κ2) is 9.72. The van der Waals surface area contributed by atoms with Crippen molar-refractivity contribution < 1.29 is 30.7 Å². The second-order valence-electron chi connectivity index (χ2n) is 8.51. The summed E-state index contributed by atoms with van der Waals surface area (Å²) in [5.74, 6) is -11.0. The number of fused-ring (bicyclic) bond motifs is 1. The largest absolute Gasteiger partial charge is 0.279 e. The third-order valence-corrected chi connectivity index (χ3v) is 6.00. The monoisotopic (exact) mass is 490 g/mol. The molecule has 0 saturated heterocycles. The zero-order valence-electron chi connectivity index (χ0n) is 18.7. The fraction of sp³-hybridized carbons (Fsp3) is 0.214. The second-order valence-corrected chi connectivity index (χ2v) is 8.51. The van der Waals surface area contributed by atoms with Crippen LogP contribution in [-0.4, -0.2) is 0 Å². The van der Waals surface area contributed by atoms with Gasteiger partial charge in [0, 0.05) is 11.8 Å². The first-order valence-corrected chi connectivity index (χ1v) is 11.1. The highest BCUT2D eigenvalue weighted by molar-refractivity contribution is 5.84. The number of rotatable bonds is 7. The molecule has 0 aliphatic heterocycles.